The van der Waals surface area contributed by atoms with Crippen LogP contribution in [0.5, 0.6) is 0 Å². The summed E-state index contributed by atoms with van der Waals surface area (Å²) in [7, 11) is 0. The predicted molar refractivity (Wildman–Crippen MR) is 122 cm³/mol. The maximum Gasteiger partial charge on any atom is 0.164 e. The lowest BCUT2D eigenvalue weighted by Crippen LogP contribution is -2.55. The normalized spacial score (nSPS) is 28.2. The van der Waals surface area contributed by atoms with Gasteiger partial charge in [0.2, 0.25) is 0 Å². The number of Topliss-reactive ketones (excluding diaryl/α,β-unsaturated/α-hetero) is 1. The maximum atomic E-state index is 15.7. The molecule has 0 amide bonds. The number of carbonyl (C=O) groups excluding carboxylic acids is 1. The van der Waals surface area contributed by atoms with Gasteiger partial charge >= 0.3 is 0 Å². The van der Waals surface area contributed by atoms with Gasteiger partial charge in [-0.2, -0.15) is 10.2 Å². The molecular formula is C26H27FN4O. The van der Waals surface area contributed by atoms with Crippen LogP contribution < -0.4 is 5.32 Å². The summed E-state index contributed by atoms with van der Waals surface area (Å²) in [5.41, 5.74) is 4.26. The molecule has 1 aliphatic carbocycles. The summed E-state index contributed by atoms with van der Waals surface area (Å²) in [4.78, 5) is 17.9. The first-order valence-corrected chi connectivity index (χ1v) is 11.1. The van der Waals surface area contributed by atoms with E-state index in [9.17, 15) is 4.79 Å². The van der Waals surface area contributed by atoms with Crippen LogP contribution in [0.15, 0.2) is 75.9 Å². The number of aromatic nitrogens is 1. The highest BCUT2D eigenvalue weighted by atomic mass is 19.1. The first-order chi connectivity index (χ1) is 15.3. The Hall–Kier alpha value is -3.15. The number of alkyl halides is 1. The van der Waals surface area contributed by atoms with Crippen molar-refractivity contribution in [3.8, 4) is 11.1 Å². The zero-order valence-electron chi connectivity index (χ0n) is 18.8. The minimum atomic E-state index is -1.27. The Morgan fingerprint density at radius 1 is 1.19 bits per heavy atom. The highest BCUT2D eigenvalue weighted by Crippen LogP contribution is 2.54. The molecule has 164 valence electrons. The van der Waals surface area contributed by atoms with Crippen LogP contribution in [-0.4, -0.2) is 23.1 Å². The molecule has 1 aromatic heterocycles. The topological polar surface area (TPSA) is 66.7 Å². The molecule has 3 atom stereocenters. The van der Waals surface area contributed by atoms with E-state index in [1.807, 2.05) is 45.0 Å². The zero-order chi connectivity index (χ0) is 22.7. The highest BCUT2D eigenvalue weighted by molar-refractivity contribution is 6.02. The number of halogens is 1. The van der Waals surface area contributed by atoms with Gasteiger partial charge in [0.05, 0.1) is 17.3 Å². The van der Waals surface area contributed by atoms with Gasteiger partial charge < -0.3 is 5.32 Å². The molecule has 0 bridgehead atoms. The standard InChI is InChI=1S/C26H27FN4O/c1-5-26(18-8-6-7-16(12-18)17-9-10-28-15(2)11-17)19-14-29-31-24(19)30-22-21(26)20(32)13-25(3,4)23(22)27/h6-12,14,23-24,30H,5,13H2,1-4H3/t23-,24?,26-/m1/s1. The second-order valence-corrected chi connectivity index (χ2v) is 9.63. The number of ketones is 1. The molecule has 0 fully saturated rings. The van der Waals surface area contributed by atoms with Crippen molar-refractivity contribution in [1.82, 2.24) is 10.3 Å². The minimum Gasteiger partial charge on any atom is -0.359 e. The molecule has 3 aliphatic rings. The van der Waals surface area contributed by atoms with Crippen LogP contribution in [0.3, 0.4) is 0 Å². The van der Waals surface area contributed by atoms with E-state index in [1.54, 1.807) is 12.4 Å². The quantitative estimate of drug-likeness (QED) is 0.692. The number of carbonyl (C=O) groups is 1. The van der Waals surface area contributed by atoms with Crippen molar-refractivity contribution < 1.29 is 9.18 Å². The van der Waals surface area contributed by atoms with Crippen molar-refractivity contribution in [2.75, 3.05) is 0 Å². The number of nitrogens with one attached hydrogen (secondary N) is 1. The first kappa shape index (κ1) is 20.7. The zero-order valence-corrected chi connectivity index (χ0v) is 18.8. The lowest BCUT2D eigenvalue weighted by molar-refractivity contribution is -0.120. The van der Waals surface area contributed by atoms with Gasteiger partial charge in [-0.1, -0.05) is 39.0 Å². The van der Waals surface area contributed by atoms with Crippen molar-refractivity contribution in [2.45, 2.75) is 58.3 Å². The number of rotatable bonds is 3. The molecule has 0 spiro atoms. The molecule has 2 aromatic rings. The van der Waals surface area contributed by atoms with Gasteiger partial charge in [0.15, 0.2) is 11.9 Å². The second kappa shape index (κ2) is 7.19. The average molecular weight is 431 g/mol. The van der Waals surface area contributed by atoms with E-state index in [4.69, 9.17) is 0 Å². The summed E-state index contributed by atoms with van der Waals surface area (Å²) in [5, 5.41) is 11.7. The Labute approximate surface area is 187 Å². The number of allylic oxidation sites excluding steroid dienone is 2. The largest absolute Gasteiger partial charge is 0.359 e. The van der Waals surface area contributed by atoms with E-state index < -0.39 is 23.2 Å². The lowest BCUT2D eigenvalue weighted by Gasteiger charge is -2.49. The van der Waals surface area contributed by atoms with Crippen molar-refractivity contribution in [3.05, 3.63) is 76.9 Å². The van der Waals surface area contributed by atoms with Crippen LogP contribution in [0.2, 0.25) is 0 Å². The van der Waals surface area contributed by atoms with Gasteiger partial charge in [0.1, 0.15) is 6.17 Å². The molecule has 1 unspecified atom stereocenters. The minimum absolute atomic E-state index is 0.00958. The Morgan fingerprint density at radius 3 is 2.72 bits per heavy atom. The third-order valence-electron chi connectivity index (χ3n) is 7.10. The van der Waals surface area contributed by atoms with Gasteiger partial charge in [0.25, 0.3) is 0 Å². The summed E-state index contributed by atoms with van der Waals surface area (Å²) in [6, 6.07) is 12.2. The van der Waals surface area contributed by atoms with E-state index in [-0.39, 0.29) is 12.2 Å². The molecule has 6 heteroatoms. The van der Waals surface area contributed by atoms with Crippen LogP contribution in [0.25, 0.3) is 11.1 Å². The number of azo groups is 1. The van der Waals surface area contributed by atoms with E-state index in [2.05, 4.69) is 39.6 Å². The fourth-order valence-corrected chi connectivity index (χ4v) is 5.49. The van der Waals surface area contributed by atoms with E-state index in [0.29, 0.717) is 17.7 Å². The summed E-state index contributed by atoms with van der Waals surface area (Å²) in [6.45, 7) is 7.63. The summed E-state index contributed by atoms with van der Waals surface area (Å²) in [6.07, 6.45) is 2.59. The van der Waals surface area contributed by atoms with Crippen molar-refractivity contribution in [3.63, 3.8) is 0 Å². The summed E-state index contributed by atoms with van der Waals surface area (Å²) in [5.74, 6) is -0.00958. The van der Waals surface area contributed by atoms with Crippen molar-refractivity contribution in [1.29, 1.82) is 0 Å². The molecule has 1 N–H and O–H groups in total. The Balaban J connectivity index is 1.76. The summed E-state index contributed by atoms with van der Waals surface area (Å²) < 4.78 is 15.7. The van der Waals surface area contributed by atoms with Crippen LogP contribution >= 0.6 is 0 Å². The average Bonchev–Trinajstić information content (AvgIpc) is 3.25. The Bertz CT molecular complexity index is 1210. The van der Waals surface area contributed by atoms with Crippen molar-refractivity contribution >= 4 is 5.78 Å². The van der Waals surface area contributed by atoms with Crippen LogP contribution in [0.1, 0.15) is 44.9 Å². The van der Waals surface area contributed by atoms with Gasteiger partial charge in [-0.05, 0) is 48.2 Å². The van der Waals surface area contributed by atoms with E-state index in [1.165, 1.54) is 0 Å². The molecule has 3 heterocycles. The molecule has 1 aromatic carbocycles. The number of hydrogen-bond acceptors (Lipinski definition) is 5. The Kier molecular flexibility index (Phi) is 4.66. The lowest BCUT2D eigenvalue weighted by atomic mass is 9.58. The smallest absolute Gasteiger partial charge is 0.164 e. The number of nitrogens with zero attached hydrogens (tertiary/aromatic N) is 3. The van der Waals surface area contributed by atoms with Gasteiger partial charge in [-0.3, -0.25) is 9.78 Å². The third kappa shape index (κ3) is 2.89. The molecule has 0 saturated carbocycles. The summed E-state index contributed by atoms with van der Waals surface area (Å²) >= 11 is 0. The van der Waals surface area contributed by atoms with Crippen LogP contribution in [-0.2, 0) is 10.2 Å². The fourth-order valence-electron chi connectivity index (χ4n) is 5.49. The monoisotopic (exact) mass is 430 g/mol. The SMILES string of the molecule is CC[C@@]1(c2cccc(-c3ccnc(C)c3)c2)C2=CN=NC2NC2=C1C(=O)CC(C)(C)[C@@H]2F. The fraction of sp³-hybridized carbons (Fsp3) is 0.385. The van der Waals surface area contributed by atoms with Gasteiger partial charge in [0, 0.05) is 34.9 Å². The van der Waals surface area contributed by atoms with Gasteiger partial charge in [-0.25, -0.2) is 4.39 Å². The highest BCUT2D eigenvalue weighted by Gasteiger charge is 2.56. The first-order valence-electron chi connectivity index (χ1n) is 11.1. The van der Waals surface area contributed by atoms with E-state index in [0.717, 1.165) is 28.0 Å². The number of hydrogen-bond donors (Lipinski definition) is 1. The number of aryl methyl sites for hydroxylation is 1. The molecule has 5 rings (SSSR count). The third-order valence-corrected chi connectivity index (χ3v) is 7.10. The molecule has 0 saturated heterocycles. The van der Waals surface area contributed by atoms with Crippen molar-refractivity contribution in [2.24, 2.45) is 15.6 Å². The predicted octanol–water partition coefficient (Wildman–Crippen LogP) is 5.58. The molecule has 0 radical (unpaired) electrons. The van der Waals surface area contributed by atoms with Crippen LogP contribution in [0, 0.1) is 12.3 Å². The van der Waals surface area contributed by atoms with Gasteiger partial charge in [-0.15, -0.1) is 0 Å². The number of pyridine rings is 1. The number of benzene rings is 1. The number of fused-ring (bicyclic) bond motifs is 1. The molecular weight excluding hydrogens is 403 g/mol. The molecule has 5 nitrogen and oxygen atoms in total. The molecule has 32 heavy (non-hydrogen) atoms. The second-order valence-electron chi connectivity index (χ2n) is 9.63. The Morgan fingerprint density at radius 2 is 1.97 bits per heavy atom. The van der Waals surface area contributed by atoms with E-state index >= 15 is 4.39 Å². The maximum absolute atomic E-state index is 15.7. The van der Waals surface area contributed by atoms with Crippen LogP contribution in [0.4, 0.5) is 4.39 Å². The molecule has 2 aliphatic heterocycles.